The molecule has 10 heteroatoms. The molecule has 3 aromatic rings. The van der Waals surface area contributed by atoms with E-state index in [1.807, 2.05) is 42.5 Å². The van der Waals surface area contributed by atoms with Crippen LogP contribution in [0.15, 0.2) is 63.4 Å². The van der Waals surface area contributed by atoms with Crippen molar-refractivity contribution >= 4 is 47.4 Å². The lowest BCUT2D eigenvalue weighted by Crippen LogP contribution is -2.38. The van der Waals surface area contributed by atoms with Crippen molar-refractivity contribution in [3.05, 3.63) is 59.1 Å². The SMILES string of the molecule is Clc1ccc(Sc2ccccc2C=NNc2nc(N3CCCCC3)nc(N3CCOCC3)n2)cc1. The highest BCUT2D eigenvalue weighted by atomic mass is 35.5. The van der Waals surface area contributed by atoms with E-state index in [-0.39, 0.29) is 0 Å². The molecule has 1 N–H and O–H groups in total. The highest BCUT2D eigenvalue weighted by Crippen LogP contribution is 2.30. The lowest BCUT2D eigenvalue weighted by Gasteiger charge is -2.30. The average Bonchev–Trinajstić information content (AvgIpc) is 2.92. The Kier molecular flexibility index (Phi) is 7.97. The van der Waals surface area contributed by atoms with Crippen molar-refractivity contribution in [2.45, 2.75) is 29.1 Å². The van der Waals surface area contributed by atoms with Gasteiger partial charge in [0.2, 0.25) is 17.8 Å². The molecule has 1 aromatic heterocycles. The molecular weight excluding hydrogens is 482 g/mol. The van der Waals surface area contributed by atoms with E-state index in [2.05, 4.69) is 36.4 Å². The van der Waals surface area contributed by atoms with E-state index in [4.69, 9.17) is 21.3 Å². The monoisotopic (exact) mass is 509 g/mol. The van der Waals surface area contributed by atoms with Gasteiger partial charge in [-0.3, -0.25) is 0 Å². The molecule has 0 bridgehead atoms. The first-order chi connectivity index (χ1) is 17.2. The maximum absolute atomic E-state index is 6.03. The molecule has 0 radical (unpaired) electrons. The lowest BCUT2D eigenvalue weighted by atomic mass is 10.1. The van der Waals surface area contributed by atoms with Crippen LogP contribution in [0.5, 0.6) is 0 Å². The summed E-state index contributed by atoms with van der Waals surface area (Å²) in [5.41, 5.74) is 4.05. The minimum atomic E-state index is 0.446. The molecule has 2 aliphatic rings. The van der Waals surface area contributed by atoms with Gasteiger partial charge in [-0.2, -0.15) is 20.1 Å². The molecule has 8 nitrogen and oxygen atoms in total. The summed E-state index contributed by atoms with van der Waals surface area (Å²) in [5, 5.41) is 5.20. The number of hydrogen-bond donors (Lipinski definition) is 1. The first-order valence-corrected chi connectivity index (χ1v) is 13.1. The Morgan fingerprint density at radius 1 is 0.857 bits per heavy atom. The summed E-state index contributed by atoms with van der Waals surface area (Å²) in [7, 11) is 0. The molecule has 3 heterocycles. The summed E-state index contributed by atoms with van der Waals surface area (Å²) in [6.07, 6.45) is 5.36. The van der Waals surface area contributed by atoms with E-state index in [1.54, 1.807) is 18.0 Å². The Bertz CT molecular complexity index is 1110. The molecule has 0 saturated carbocycles. The maximum Gasteiger partial charge on any atom is 0.250 e. The summed E-state index contributed by atoms with van der Waals surface area (Å²) in [6.45, 7) is 4.81. The number of rotatable bonds is 7. The smallest absolute Gasteiger partial charge is 0.250 e. The lowest BCUT2D eigenvalue weighted by molar-refractivity contribution is 0.122. The summed E-state index contributed by atoms with van der Waals surface area (Å²) in [5.74, 6) is 1.82. The van der Waals surface area contributed by atoms with Crippen molar-refractivity contribution in [1.29, 1.82) is 0 Å². The Labute approximate surface area is 214 Å². The average molecular weight is 510 g/mol. The molecule has 2 saturated heterocycles. The fourth-order valence-corrected chi connectivity index (χ4v) is 5.05. The molecule has 0 atom stereocenters. The van der Waals surface area contributed by atoms with E-state index in [0.29, 0.717) is 31.1 Å². The number of morpholine rings is 1. The minimum Gasteiger partial charge on any atom is -0.378 e. The van der Waals surface area contributed by atoms with E-state index >= 15 is 0 Å². The van der Waals surface area contributed by atoms with Crippen molar-refractivity contribution in [2.75, 3.05) is 54.6 Å². The largest absolute Gasteiger partial charge is 0.378 e. The van der Waals surface area contributed by atoms with Gasteiger partial charge in [-0.05, 0) is 49.6 Å². The van der Waals surface area contributed by atoms with Crippen LogP contribution in [0.2, 0.25) is 5.02 Å². The van der Waals surface area contributed by atoms with Crippen molar-refractivity contribution < 1.29 is 4.74 Å². The third kappa shape index (κ3) is 6.42. The predicted molar refractivity (Wildman–Crippen MR) is 142 cm³/mol. The molecule has 0 aliphatic carbocycles. The molecule has 5 rings (SSSR count). The van der Waals surface area contributed by atoms with Crippen LogP contribution in [-0.4, -0.2) is 60.6 Å². The Balaban J connectivity index is 1.35. The van der Waals surface area contributed by atoms with Gasteiger partial charge in [0.25, 0.3) is 0 Å². The van der Waals surface area contributed by atoms with Gasteiger partial charge in [0, 0.05) is 46.6 Å². The van der Waals surface area contributed by atoms with Crippen LogP contribution in [0, 0.1) is 0 Å². The number of piperidine rings is 1. The molecule has 182 valence electrons. The van der Waals surface area contributed by atoms with Gasteiger partial charge in [-0.15, -0.1) is 0 Å². The molecule has 35 heavy (non-hydrogen) atoms. The second-order valence-electron chi connectivity index (χ2n) is 8.37. The molecule has 0 amide bonds. The van der Waals surface area contributed by atoms with E-state index in [0.717, 1.165) is 59.4 Å². The number of benzene rings is 2. The number of nitrogens with one attached hydrogen (secondary N) is 1. The van der Waals surface area contributed by atoms with Crippen LogP contribution >= 0.6 is 23.4 Å². The highest BCUT2D eigenvalue weighted by Gasteiger charge is 2.20. The second kappa shape index (κ2) is 11.7. The second-order valence-corrected chi connectivity index (χ2v) is 9.92. The van der Waals surface area contributed by atoms with Crippen LogP contribution in [0.4, 0.5) is 17.8 Å². The number of aromatic nitrogens is 3. The Morgan fingerprint density at radius 2 is 1.54 bits per heavy atom. The van der Waals surface area contributed by atoms with Crippen molar-refractivity contribution in [3.8, 4) is 0 Å². The van der Waals surface area contributed by atoms with Crippen molar-refractivity contribution in [3.63, 3.8) is 0 Å². The van der Waals surface area contributed by atoms with Crippen molar-refractivity contribution in [1.82, 2.24) is 15.0 Å². The zero-order valence-corrected chi connectivity index (χ0v) is 21.0. The maximum atomic E-state index is 6.03. The van der Waals surface area contributed by atoms with Crippen LogP contribution in [0.1, 0.15) is 24.8 Å². The van der Waals surface area contributed by atoms with Gasteiger partial charge in [0.05, 0.1) is 19.4 Å². The predicted octanol–water partition coefficient (Wildman–Crippen LogP) is 4.95. The normalized spacial score (nSPS) is 16.6. The number of hydrazone groups is 1. The fourth-order valence-electron chi connectivity index (χ4n) is 4.01. The topological polar surface area (TPSA) is 78.8 Å². The Morgan fingerprint density at radius 3 is 2.29 bits per heavy atom. The van der Waals surface area contributed by atoms with Gasteiger partial charge >= 0.3 is 0 Å². The number of anilines is 3. The quantitative estimate of drug-likeness (QED) is 0.354. The van der Waals surface area contributed by atoms with Gasteiger partial charge < -0.3 is 14.5 Å². The van der Waals surface area contributed by atoms with E-state index < -0.39 is 0 Å². The summed E-state index contributed by atoms with van der Waals surface area (Å²) in [4.78, 5) is 20.7. The number of halogens is 1. The zero-order chi connectivity index (χ0) is 23.9. The van der Waals surface area contributed by atoms with Crippen molar-refractivity contribution in [2.24, 2.45) is 5.10 Å². The number of hydrogen-bond acceptors (Lipinski definition) is 9. The van der Waals surface area contributed by atoms with Crippen LogP contribution in [0.25, 0.3) is 0 Å². The van der Waals surface area contributed by atoms with Crippen LogP contribution in [0.3, 0.4) is 0 Å². The van der Waals surface area contributed by atoms with E-state index in [9.17, 15) is 0 Å². The fraction of sp³-hybridized carbons (Fsp3) is 0.360. The van der Waals surface area contributed by atoms with Crippen LogP contribution < -0.4 is 15.2 Å². The standard InChI is InChI=1S/C25H28ClN7OS/c26-20-8-10-21(11-9-20)35-22-7-3-2-6-19(22)18-27-31-23-28-24(32-12-4-1-5-13-32)30-25(29-23)33-14-16-34-17-15-33/h2-3,6-11,18H,1,4-5,12-17H2,(H,28,29,30,31). The summed E-state index contributed by atoms with van der Waals surface area (Å²) >= 11 is 7.69. The van der Waals surface area contributed by atoms with Gasteiger partial charge in [-0.25, -0.2) is 5.43 Å². The highest BCUT2D eigenvalue weighted by molar-refractivity contribution is 7.99. The minimum absolute atomic E-state index is 0.446. The number of nitrogens with zero attached hydrogens (tertiary/aromatic N) is 6. The third-order valence-electron chi connectivity index (χ3n) is 5.87. The summed E-state index contributed by atoms with van der Waals surface area (Å²) < 4.78 is 5.50. The molecule has 0 spiro atoms. The van der Waals surface area contributed by atoms with Crippen LogP contribution in [-0.2, 0) is 4.74 Å². The first kappa shape index (κ1) is 23.8. The summed E-state index contributed by atoms with van der Waals surface area (Å²) in [6, 6.07) is 16.0. The molecule has 2 fully saturated rings. The third-order valence-corrected chi connectivity index (χ3v) is 7.22. The van der Waals surface area contributed by atoms with Gasteiger partial charge in [0.1, 0.15) is 0 Å². The number of ether oxygens (including phenoxy) is 1. The molecule has 0 unspecified atom stereocenters. The van der Waals surface area contributed by atoms with E-state index in [1.165, 1.54) is 6.42 Å². The first-order valence-electron chi connectivity index (χ1n) is 11.9. The molecular formula is C25H28ClN7OS. The molecule has 2 aliphatic heterocycles. The zero-order valence-electron chi connectivity index (χ0n) is 19.4. The molecule has 2 aromatic carbocycles. The van der Waals surface area contributed by atoms with Gasteiger partial charge in [0.15, 0.2) is 0 Å². The van der Waals surface area contributed by atoms with Gasteiger partial charge in [-0.1, -0.05) is 41.6 Å². The Hall–Kier alpha value is -2.88.